The predicted octanol–water partition coefficient (Wildman–Crippen LogP) is 8.48. The molecule has 2 aromatic rings. The molecular weight excluding hydrogens is 380 g/mol. The third kappa shape index (κ3) is 5.27. The van der Waals surface area contributed by atoms with Crippen LogP contribution in [0, 0.1) is 0 Å². The van der Waals surface area contributed by atoms with Crippen molar-refractivity contribution in [3.63, 3.8) is 0 Å². The molecule has 0 unspecified atom stereocenters. The van der Waals surface area contributed by atoms with Gasteiger partial charge in [0.2, 0.25) is 0 Å². The van der Waals surface area contributed by atoms with Crippen molar-refractivity contribution in [2.45, 2.75) is 111 Å². The fourth-order valence-electron chi connectivity index (χ4n) is 4.65. The molecule has 0 radical (unpaired) electrons. The van der Waals surface area contributed by atoms with E-state index in [1.165, 1.54) is 22.3 Å². The molecule has 0 saturated carbocycles. The minimum absolute atomic E-state index is 0.140. The lowest BCUT2D eigenvalue weighted by Gasteiger charge is -2.31. The quantitative estimate of drug-likeness (QED) is 0.505. The molecule has 0 spiro atoms. The van der Waals surface area contributed by atoms with Crippen LogP contribution in [-0.2, 0) is 10.8 Å². The van der Waals surface area contributed by atoms with Gasteiger partial charge >= 0.3 is 0 Å². The zero-order valence-corrected chi connectivity index (χ0v) is 21.6. The average Bonchev–Trinajstić information content (AvgIpc) is 2.61. The average molecular weight is 425 g/mol. The molecule has 0 saturated heterocycles. The molecule has 2 aromatic carbocycles. The lowest BCUT2D eigenvalue weighted by molar-refractivity contribution is 0.444. The lowest BCUT2D eigenvalue weighted by Crippen LogP contribution is -2.17. The number of hydrogen-bond acceptors (Lipinski definition) is 2. The second-order valence-electron chi connectivity index (χ2n) is 11.8. The summed E-state index contributed by atoms with van der Waals surface area (Å²) < 4.78 is 0. The molecule has 0 aliphatic rings. The maximum Gasteiger partial charge on any atom is 0.119 e. The molecule has 2 rings (SSSR count). The second-order valence-corrected chi connectivity index (χ2v) is 11.8. The van der Waals surface area contributed by atoms with Crippen molar-refractivity contribution < 1.29 is 10.2 Å². The van der Waals surface area contributed by atoms with Crippen molar-refractivity contribution in [3.8, 4) is 11.5 Å². The molecule has 0 amide bonds. The van der Waals surface area contributed by atoms with E-state index >= 15 is 0 Å². The van der Waals surface area contributed by atoms with Gasteiger partial charge < -0.3 is 10.2 Å². The van der Waals surface area contributed by atoms with E-state index in [0.717, 1.165) is 17.5 Å². The Hall–Kier alpha value is -1.96. The maximum atomic E-state index is 10.8. The molecule has 0 atom stereocenters. The van der Waals surface area contributed by atoms with Gasteiger partial charge in [0.15, 0.2) is 0 Å². The Bertz CT molecular complexity index is 846. The van der Waals surface area contributed by atoms with Crippen LogP contribution in [0.2, 0.25) is 0 Å². The van der Waals surface area contributed by atoms with Crippen LogP contribution in [-0.4, -0.2) is 10.2 Å². The standard InChI is InChI=1S/C29H44O2/c1-12-19(22-13-24(28(6,7)8)26(30)15-20(22)17(2)3)23-14-25(29(9,10)11)27(31)16-21(23)18(4)5/h13-19,30-31H,12H2,1-11H3. The van der Waals surface area contributed by atoms with E-state index in [2.05, 4.69) is 88.3 Å². The minimum atomic E-state index is -0.140. The number of benzene rings is 2. The lowest BCUT2D eigenvalue weighted by atomic mass is 9.74. The first-order chi connectivity index (χ1) is 14.1. The summed E-state index contributed by atoms with van der Waals surface area (Å²) in [7, 11) is 0. The molecule has 2 N–H and O–H groups in total. The molecule has 2 heteroatoms. The number of aromatic hydroxyl groups is 2. The van der Waals surface area contributed by atoms with Crippen molar-refractivity contribution in [1.29, 1.82) is 0 Å². The van der Waals surface area contributed by atoms with E-state index in [9.17, 15) is 10.2 Å². The van der Waals surface area contributed by atoms with Crippen molar-refractivity contribution >= 4 is 0 Å². The maximum absolute atomic E-state index is 10.8. The highest BCUT2D eigenvalue weighted by Gasteiger charge is 2.29. The third-order valence-corrected chi connectivity index (χ3v) is 6.42. The highest BCUT2D eigenvalue weighted by Crippen LogP contribution is 2.45. The van der Waals surface area contributed by atoms with Crippen LogP contribution in [0.4, 0.5) is 0 Å². The monoisotopic (exact) mass is 424 g/mol. The van der Waals surface area contributed by atoms with Gasteiger partial charge in [-0.1, -0.05) is 88.3 Å². The van der Waals surface area contributed by atoms with Crippen molar-refractivity contribution in [3.05, 3.63) is 57.6 Å². The first-order valence-electron chi connectivity index (χ1n) is 11.8. The van der Waals surface area contributed by atoms with E-state index in [4.69, 9.17) is 0 Å². The van der Waals surface area contributed by atoms with E-state index in [1.807, 2.05) is 12.1 Å². The van der Waals surface area contributed by atoms with Crippen LogP contribution < -0.4 is 0 Å². The second kappa shape index (κ2) is 8.88. The summed E-state index contributed by atoms with van der Waals surface area (Å²) in [6.07, 6.45) is 0.960. The Balaban J connectivity index is 2.90. The molecule has 0 aromatic heterocycles. The van der Waals surface area contributed by atoms with Crippen LogP contribution in [0.5, 0.6) is 11.5 Å². The Morgan fingerprint density at radius 1 is 0.613 bits per heavy atom. The summed E-state index contributed by atoms with van der Waals surface area (Å²) in [5, 5.41) is 21.6. The van der Waals surface area contributed by atoms with Gasteiger partial charge in [-0.15, -0.1) is 0 Å². The summed E-state index contributed by atoms with van der Waals surface area (Å²) in [5.74, 6) is 1.61. The first-order valence-corrected chi connectivity index (χ1v) is 11.8. The summed E-state index contributed by atoms with van der Waals surface area (Å²) in [6, 6.07) is 8.46. The summed E-state index contributed by atoms with van der Waals surface area (Å²) in [6.45, 7) is 23.9. The van der Waals surface area contributed by atoms with Crippen LogP contribution in [0.25, 0.3) is 0 Å². The summed E-state index contributed by atoms with van der Waals surface area (Å²) >= 11 is 0. The van der Waals surface area contributed by atoms with E-state index in [1.54, 1.807) is 0 Å². The van der Waals surface area contributed by atoms with Crippen molar-refractivity contribution in [2.75, 3.05) is 0 Å². The third-order valence-electron chi connectivity index (χ3n) is 6.42. The zero-order chi connectivity index (χ0) is 23.9. The highest BCUT2D eigenvalue weighted by atomic mass is 16.3. The van der Waals surface area contributed by atoms with Crippen molar-refractivity contribution in [2.24, 2.45) is 0 Å². The predicted molar refractivity (Wildman–Crippen MR) is 134 cm³/mol. The molecular formula is C29H44O2. The Morgan fingerprint density at radius 2 is 0.935 bits per heavy atom. The fourth-order valence-corrected chi connectivity index (χ4v) is 4.65. The molecule has 2 nitrogen and oxygen atoms in total. The zero-order valence-electron chi connectivity index (χ0n) is 21.6. The smallest absolute Gasteiger partial charge is 0.119 e. The number of rotatable bonds is 5. The topological polar surface area (TPSA) is 40.5 Å². The van der Waals surface area contributed by atoms with Gasteiger partial charge in [0.25, 0.3) is 0 Å². The molecule has 0 bridgehead atoms. The Kier molecular flexibility index (Phi) is 7.25. The number of hydrogen-bond donors (Lipinski definition) is 2. The van der Waals surface area contributed by atoms with Gasteiger partial charge in [0, 0.05) is 5.92 Å². The first kappa shape index (κ1) is 25.3. The van der Waals surface area contributed by atoms with Gasteiger partial charge in [0.1, 0.15) is 11.5 Å². The largest absolute Gasteiger partial charge is 0.508 e. The molecule has 0 aliphatic heterocycles. The summed E-state index contributed by atoms with van der Waals surface area (Å²) in [5.41, 5.74) is 6.71. The van der Waals surface area contributed by atoms with Gasteiger partial charge in [0.05, 0.1) is 0 Å². The SMILES string of the molecule is CCC(c1cc(C(C)(C)C)c(O)cc1C(C)C)c1cc(C(C)(C)C)c(O)cc1C(C)C. The molecule has 172 valence electrons. The Labute approximate surface area is 190 Å². The van der Waals surface area contributed by atoms with E-state index in [-0.39, 0.29) is 16.7 Å². The molecule has 31 heavy (non-hydrogen) atoms. The number of phenolic OH excluding ortho intramolecular Hbond substituents is 2. The molecule has 0 fully saturated rings. The minimum Gasteiger partial charge on any atom is -0.508 e. The normalized spacial score (nSPS) is 13.0. The summed E-state index contributed by atoms with van der Waals surface area (Å²) in [4.78, 5) is 0. The van der Waals surface area contributed by atoms with Gasteiger partial charge in [-0.25, -0.2) is 0 Å². The Morgan fingerprint density at radius 3 is 1.16 bits per heavy atom. The van der Waals surface area contributed by atoms with Crippen LogP contribution >= 0.6 is 0 Å². The van der Waals surface area contributed by atoms with E-state index in [0.29, 0.717) is 23.3 Å². The van der Waals surface area contributed by atoms with E-state index < -0.39 is 0 Å². The van der Waals surface area contributed by atoms with Gasteiger partial charge in [-0.2, -0.15) is 0 Å². The highest BCUT2D eigenvalue weighted by molar-refractivity contribution is 5.54. The van der Waals surface area contributed by atoms with Crippen LogP contribution in [0.1, 0.15) is 134 Å². The number of phenols is 2. The molecule has 0 heterocycles. The van der Waals surface area contributed by atoms with Crippen molar-refractivity contribution in [1.82, 2.24) is 0 Å². The van der Waals surface area contributed by atoms with Gasteiger partial charge in [-0.05, 0) is 74.6 Å². The van der Waals surface area contributed by atoms with Gasteiger partial charge in [-0.3, -0.25) is 0 Å². The fraction of sp³-hybridized carbons (Fsp3) is 0.586. The van der Waals surface area contributed by atoms with Crippen LogP contribution in [0.3, 0.4) is 0 Å². The molecule has 0 aliphatic carbocycles. The van der Waals surface area contributed by atoms with Crippen LogP contribution in [0.15, 0.2) is 24.3 Å².